The number of ether oxygens (including phenoxy) is 2. The molecule has 1 aliphatic heterocycles. The van der Waals surface area contributed by atoms with Crippen LogP contribution in [0.15, 0.2) is 42.9 Å². The molecule has 1 saturated heterocycles. The number of morpholine rings is 1. The Kier molecular flexibility index (Phi) is 4.86. The smallest absolute Gasteiger partial charge is 0.223 e. The van der Waals surface area contributed by atoms with Gasteiger partial charge in [-0.2, -0.15) is 0 Å². The molecule has 0 bridgehead atoms. The molecule has 1 N–H and O–H groups in total. The molecule has 26 heavy (non-hydrogen) atoms. The van der Waals surface area contributed by atoms with E-state index in [-0.39, 0.29) is 12.2 Å². The molecule has 6 heteroatoms. The Morgan fingerprint density at radius 3 is 3.12 bits per heavy atom. The van der Waals surface area contributed by atoms with E-state index in [0.717, 1.165) is 41.8 Å². The third-order valence-corrected chi connectivity index (χ3v) is 4.75. The highest BCUT2D eigenvalue weighted by molar-refractivity contribution is 5.86. The number of hydrogen-bond acceptors (Lipinski definition) is 5. The van der Waals surface area contributed by atoms with Crippen molar-refractivity contribution in [3.63, 3.8) is 0 Å². The van der Waals surface area contributed by atoms with Crippen molar-refractivity contribution in [3.05, 3.63) is 42.9 Å². The minimum atomic E-state index is -0.103. The van der Waals surface area contributed by atoms with Crippen molar-refractivity contribution in [3.8, 4) is 17.1 Å². The lowest BCUT2D eigenvalue weighted by molar-refractivity contribution is -0.0357. The summed E-state index contributed by atoms with van der Waals surface area (Å²) >= 11 is 0. The molecule has 0 unspecified atom stereocenters. The van der Waals surface area contributed by atoms with Gasteiger partial charge in [-0.25, -0.2) is 4.98 Å². The number of nitrogens with zero attached hydrogens (tertiary/aromatic N) is 3. The lowest BCUT2D eigenvalue weighted by atomic mass is 10.1. The predicted octanol–water partition coefficient (Wildman–Crippen LogP) is 2.87. The van der Waals surface area contributed by atoms with Gasteiger partial charge in [0.1, 0.15) is 12.2 Å². The Bertz CT molecular complexity index is 886. The Morgan fingerprint density at radius 1 is 1.42 bits per heavy atom. The van der Waals surface area contributed by atoms with Gasteiger partial charge < -0.3 is 19.4 Å². The molecular weight excluding hydrogens is 328 g/mol. The minimum Gasteiger partial charge on any atom is -0.471 e. The zero-order chi connectivity index (χ0) is 17.9. The molecule has 1 fully saturated rings. The molecule has 4 rings (SSSR count). The molecule has 1 aliphatic rings. The Labute approximate surface area is 153 Å². The van der Waals surface area contributed by atoms with Gasteiger partial charge in [0.2, 0.25) is 5.88 Å². The van der Waals surface area contributed by atoms with E-state index in [1.54, 1.807) is 6.20 Å². The van der Waals surface area contributed by atoms with Crippen molar-refractivity contribution in [1.29, 1.82) is 0 Å². The monoisotopic (exact) mass is 352 g/mol. The first-order valence-corrected chi connectivity index (χ1v) is 9.15. The Balaban J connectivity index is 1.69. The Morgan fingerprint density at radius 2 is 2.35 bits per heavy atom. The molecule has 0 radical (unpaired) electrons. The first-order valence-electron chi connectivity index (χ1n) is 9.15. The maximum absolute atomic E-state index is 6.24. The zero-order valence-electron chi connectivity index (χ0n) is 15.2. The van der Waals surface area contributed by atoms with Crippen LogP contribution in [0.1, 0.15) is 13.8 Å². The van der Waals surface area contributed by atoms with Crippen molar-refractivity contribution < 1.29 is 9.47 Å². The fraction of sp³-hybridized carbons (Fsp3) is 0.400. The lowest BCUT2D eigenvalue weighted by Crippen LogP contribution is -2.46. The summed E-state index contributed by atoms with van der Waals surface area (Å²) in [6, 6.07) is 7.99. The van der Waals surface area contributed by atoms with Crippen LogP contribution in [0.25, 0.3) is 22.2 Å². The van der Waals surface area contributed by atoms with Crippen molar-refractivity contribution >= 4 is 10.9 Å². The number of aromatic nitrogens is 3. The average Bonchev–Trinajstić information content (AvgIpc) is 3.18. The number of fused-ring (bicyclic) bond motifs is 1. The number of rotatable bonds is 5. The van der Waals surface area contributed by atoms with Crippen LogP contribution in [0.5, 0.6) is 5.88 Å². The van der Waals surface area contributed by atoms with Crippen molar-refractivity contribution in [1.82, 2.24) is 19.9 Å². The van der Waals surface area contributed by atoms with Gasteiger partial charge in [-0.1, -0.05) is 0 Å². The molecule has 0 saturated carbocycles. The molecule has 4 heterocycles. The quantitative estimate of drug-likeness (QED) is 0.765. The molecule has 0 aromatic carbocycles. The van der Waals surface area contributed by atoms with Crippen molar-refractivity contribution in [2.45, 2.75) is 32.6 Å². The summed E-state index contributed by atoms with van der Waals surface area (Å²) in [6.07, 6.45) is 5.87. The van der Waals surface area contributed by atoms with E-state index < -0.39 is 0 Å². The fourth-order valence-electron chi connectivity index (χ4n) is 3.21. The second-order valence-electron chi connectivity index (χ2n) is 6.55. The molecule has 3 aromatic heterocycles. The van der Waals surface area contributed by atoms with Gasteiger partial charge in [0.05, 0.1) is 23.2 Å². The highest BCUT2D eigenvalue weighted by Gasteiger charge is 2.23. The van der Waals surface area contributed by atoms with E-state index >= 15 is 0 Å². The third-order valence-electron chi connectivity index (χ3n) is 4.75. The summed E-state index contributed by atoms with van der Waals surface area (Å²) in [5, 5.41) is 4.26. The first kappa shape index (κ1) is 17.0. The topological polar surface area (TPSA) is 61.2 Å². The van der Waals surface area contributed by atoms with Crippen LogP contribution >= 0.6 is 0 Å². The van der Waals surface area contributed by atoms with Gasteiger partial charge in [0.15, 0.2) is 0 Å². The van der Waals surface area contributed by atoms with E-state index in [0.29, 0.717) is 12.5 Å². The van der Waals surface area contributed by atoms with Crippen LogP contribution in [0.4, 0.5) is 0 Å². The van der Waals surface area contributed by atoms with E-state index in [4.69, 9.17) is 14.5 Å². The van der Waals surface area contributed by atoms with Crippen LogP contribution in [0.2, 0.25) is 0 Å². The number of aryl methyl sites for hydroxylation is 1. The number of hydrogen-bond donors (Lipinski definition) is 1. The van der Waals surface area contributed by atoms with Crippen LogP contribution in [-0.4, -0.2) is 46.4 Å². The van der Waals surface area contributed by atoms with Crippen LogP contribution in [0.3, 0.4) is 0 Å². The highest BCUT2D eigenvalue weighted by atomic mass is 16.5. The average molecular weight is 352 g/mol. The van der Waals surface area contributed by atoms with Crippen LogP contribution in [0, 0.1) is 0 Å². The Hall–Kier alpha value is -2.44. The largest absolute Gasteiger partial charge is 0.471 e. The van der Waals surface area contributed by atoms with Gasteiger partial charge in [-0.05, 0) is 38.1 Å². The maximum Gasteiger partial charge on any atom is 0.223 e. The SMILES string of the molecule is CCn1ccc(-c2cc3ncccc3c(O[C@H](C)[C@@H]3CNCCO3)n2)c1. The second kappa shape index (κ2) is 7.43. The molecule has 0 amide bonds. The molecule has 6 nitrogen and oxygen atoms in total. The molecule has 136 valence electrons. The van der Waals surface area contributed by atoms with Crippen LogP contribution in [-0.2, 0) is 11.3 Å². The van der Waals surface area contributed by atoms with Crippen molar-refractivity contribution in [2.75, 3.05) is 19.7 Å². The van der Waals surface area contributed by atoms with E-state index in [1.165, 1.54) is 0 Å². The van der Waals surface area contributed by atoms with E-state index in [9.17, 15) is 0 Å². The predicted molar refractivity (Wildman–Crippen MR) is 101 cm³/mol. The van der Waals surface area contributed by atoms with Crippen molar-refractivity contribution in [2.24, 2.45) is 0 Å². The molecule has 3 aromatic rings. The zero-order valence-corrected chi connectivity index (χ0v) is 15.2. The van der Waals surface area contributed by atoms with Gasteiger partial charge in [0, 0.05) is 43.8 Å². The second-order valence-corrected chi connectivity index (χ2v) is 6.55. The first-order chi connectivity index (χ1) is 12.7. The molecular formula is C20H24N4O2. The summed E-state index contributed by atoms with van der Waals surface area (Å²) in [6.45, 7) is 7.46. The summed E-state index contributed by atoms with van der Waals surface area (Å²) < 4.78 is 14.2. The van der Waals surface area contributed by atoms with Gasteiger partial charge in [0.25, 0.3) is 0 Å². The normalized spacial score (nSPS) is 18.8. The van der Waals surface area contributed by atoms with E-state index in [2.05, 4.69) is 40.3 Å². The van der Waals surface area contributed by atoms with Gasteiger partial charge in [-0.15, -0.1) is 0 Å². The third kappa shape index (κ3) is 3.43. The van der Waals surface area contributed by atoms with Gasteiger partial charge in [-0.3, -0.25) is 4.98 Å². The van der Waals surface area contributed by atoms with Gasteiger partial charge >= 0.3 is 0 Å². The molecule has 2 atom stereocenters. The standard InChI is InChI=1S/C20H24N4O2/c1-3-24-9-6-15(13-24)17-11-18-16(5-4-7-22-18)20(23-17)26-14(2)19-12-21-8-10-25-19/h4-7,9,11,13-14,19,21H,3,8,10,12H2,1-2H3/t14-,19+/m1/s1. The minimum absolute atomic E-state index is 0.0158. The number of nitrogens with one attached hydrogen (secondary N) is 1. The molecule has 0 aliphatic carbocycles. The number of pyridine rings is 2. The summed E-state index contributed by atoms with van der Waals surface area (Å²) in [4.78, 5) is 9.31. The summed E-state index contributed by atoms with van der Waals surface area (Å²) in [5.41, 5.74) is 2.81. The summed E-state index contributed by atoms with van der Waals surface area (Å²) in [5.74, 6) is 0.608. The molecule has 0 spiro atoms. The maximum atomic E-state index is 6.24. The highest BCUT2D eigenvalue weighted by Crippen LogP contribution is 2.29. The van der Waals surface area contributed by atoms with Crippen LogP contribution < -0.4 is 10.1 Å². The summed E-state index contributed by atoms with van der Waals surface area (Å²) in [7, 11) is 0. The lowest BCUT2D eigenvalue weighted by Gasteiger charge is -2.29. The fourth-order valence-corrected chi connectivity index (χ4v) is 3.21. The van der Waals surface area contributed by atoms with E-state index in [1.807, 2.05) is 25.1 Å².